The Labute approximate surface area is 118 Å². The first-order valence-electron chi connectivity index (χ1n) is 6.26. The average Bonchev–Trinajstić information content (AvgIpc) is 2.36. The molecule has 0 aliphatic carbocycles. The first-order valence-corrected chi connectivity index (χ1v) is 8.32. The summed E-state index contributed by atoms with van der Waals surface area (Å²) in [6, 6.07) is -0.552. The number of ether oxygens (including phenoxy) is 1. The smallest absolute Gasteiger partial charge is 0.234 e. The van der Waals surface area contributed by atoms with Crippen LogP contribution < -0.4 is 11.1 Å². The zero-order chi connectivity index (χ0) is 15.4. The number of amidine groups is 1. The number of oxime groups is 1. The van der Waals surface area contributed by atoms with Gasteiger partial charge in [0.25, 0.3) is 0 Å². The second kappa shape index (κ2) is 6.40. The first-order chi connectivity index (χ1) is 9.21. The molecule has 0 radical (unpaired) electrons. The number of rotatable bonds is 5. The van der Waals surface area contributed by atoms with Crippen LogP contribution in [0.1, 0.15) is 19.8 Å². The van der Waals surface area contributed by atoms with Crippen LogP contribution in [0.5, 0.6) is 0 Å². The quantitative estimate of drug-likeness (QED) is 0.260. The van der Waals surface area contributed by atoms with E-state index in [1.807, 2.05) is 0 Å². The molecule has 116 valence electrons. The van der Waals surface area contributed by atoms with Gasteiger partial charge >= 0.3 is 0 Å². The zero-order valence-corrected chi connectivity index (χ0v) is 12.4. The minimum atomic E-state index is -3.20. The lowest BCUT2D eigenvalue weighted by Gasteiger charge is -2.35. The molecule has 20 heavy (non-hydrogen) atoms. The fraction of sp³-hybridized carbons (Fsp3) is 0.818. The average molecular weight is 307 g/mol. The minimum absolute atomic E-state index is 0.165. The molecule has 1 amide bonds. The highest BCUT2D eigenvalue weighted by Gasteiger charge is 2.44. The summed E-state index contributed by atoms with van der Waals surface area (Å²) >= 11 is 0. The molecule has 1 fully saturated rings. The molecular weight excluding hydrogens is 286 g/mol. The van der Waals surface area contributed by atoms with E-state index < -0.39 is 27.2 Å². The highest BCUT2D eigenvalue weighted by molar-refractivity contribution is 7.90. The molecule has 1 heterocycles. The molecule has 1 rings (SSSR count). The standard InChI is InChI=1S/C11H21N3O5S/c1-8(7-20(2,17)18)13-10(15)11(9(12)14-16)3-5-19-6-4-11/h8,16H,3-7H2,1-2H3,(H2,12,14)(H,13,15). The summed E-state index contributed by atoms with van der Waals surface area (Å²) in [4.78, 5) is 12.4. The number of hydrogen-bond acceptors (Lipinski definition) is 6. The molecule has 9 heteroatoms. The molecule has 0 aromatic heterocycles. The lowest BCUT2D eigenvalue weighted by atomic mass is 9.78. The van der Waals surface area contributed by atoms with Gasteiger partial charge < -0.3 is 21.0 Å². The molecule has 0 bridgehead atoms. The zero-order valence-electron chi connectivity index (χ0n) is 11.6. The van der Waals surface area contributed by atoms with Crippen molar-refractivity contribution >= 4 is 21.6 Å². The Morgan fingerprint density at radius 1 is 1.50 bits per heavy atom. The van der Waals surface area contributed by atoms with E-state index in [-0.39, 0.29) is 11.6 Å². The van der Waals surface area contributed by atoms with E-state index in [1.54, 1.807) is 6.92 Å². The molecular formula is C11H21N3O5S. The fourth-order valence-electron chi connectivity index (χ4n) is 2.27. The van der Waals surface area contributed by atoms with E-state index in [2.05, 4.69) is 10.5 Å². The predicted octanol–water partition coefficient (Wildman–Crippen LogP) is -0.921. The van der Waals surface area contributed by atoms with Crippen molar-refractivity contribution in [2.24, 2.45) is 16.3 Å². The molecule has 1 unspecified atom stereocenters. The maximum Gasteiger partial charge on any atom is 0.234 e. The largest absolute Gasteiger partial charge is 0.409 e. The Morgan fingerprint density at radius 3 is 2.50 bits per heavy atom. The van der Waals surface area contributed by atoms with Crippen molar-refractivity contribution < 1.29 is 23.2 Å². The number of carbonyl (C=O) groups is 1. The lowest BCUT2D eigenvalue weighted by molar-refractivity contribution is -0.132. The molecule has 0 saturated carbocycles. The Kier molecular flexibility index (Phi) is 5.35. The molecule has 1 atom stereocenters. The topological polar surface area (TPSA) is 131 Å². The molecule has 0 aromatic rings. The van der Waals surface area contributed by atoms with Gasteiger partial charge in [-0.15, -0.1) is 0 Å². The number of nitrogens with zero attached hydrogens (tertiary/aromatic N) is 1. The summed E-state index contributed by atoms with van der Waals surface area (Å²) in [6.45, 7) is 2.24. The summed E-state index contributed by atoms with van der Waals surface area (Å²) in [5.74, 6) is -0.779. The van der Waals surface area contributed by atoms with Gasteiger partial charge in [0.1, 0.15) is 15.3 Å². The van der Waals surface area contributed by atoms with Crippen molar-refractivity contribution in [3.8, 4) is 0 Å². The third-order valence-corrected chi connectivity index (χ3v) is 4.41. The lowest BCUT2D eigenvalue weighted by Crippen LogP contribution is -2.55. The van der Waals surface area contributed by atoms with Crippen molar-refractivity contribution in [1.82, 2.24) is 5.32 Å². The van der Waals surface area contributed by atoms with Gasteiger partial charge in [0.05, 0.1) is 5.75 Å². The number of amides is 1. The number of nitrogens with one attached hydrogen (secondary N) is 1. The van der Waals surface area contributed by atoms with E-state index >= 15 is 0 Å². The van der Waals surface area contributed by atoms with Crippen LogP contribution in [0.25, 0.3) is 0 Å². The van der Waals surface area contributed by atoms with Crippen molar-refractivity contribution in [2.45, 2.75) is 25.8 Å². The fourth-order valence-corrected chi connectivity index (χ4v) is 3.26. The second-order valence-corrected chi connectivity index (χ2v) is 7.33. The van der Waals surface area contributed by atoms with Crippen LogP contribution in [0.15, 0.2) is 5.16 Å². The van der Waals surface area contributed by atoms with Gasteiger partial charge in [-0.2, -0.15) is 0 Å². The highest BCUT2D eigenvalue weighted by Crippen LogP contribution is 2.31. The van der Waals surface area contributed by atoms with Crippen LogP contribution in [0.2, 0.25) is 0 Å². The molecule has 1 saturated heterocycles. The van der Waals surface area contributed by atoms with Gasteiger partial charge in [0.2, 0.25) is 5.91 Å². The van der Waals surface area contributed by atoms with E-state index in [1.165, 1.54) is 0 Å². The number of nitrogens with two attached hydrogens (primary N) is 1. The Bertz CT molecular complexity index is 482. The van der Waals surface area contributed by atoms with Gasteiger partial charge in [-0.25, -0.2) is 8.42 Å². The summed E-state index contributed by atoms with van der Waals surface area (Å²) in [7, 11) is -3.20. The minimum Gasteiger partial charge on any atom is -0.409 e. The predicted molar refractivity (Wildman–Crippen MR) is 73.2 cm³/mol. The Morgan fingerprint density at radius 2 is 2.05 bits per heavy atom. The van der Waals surface area contributed by atoms with Crippen LogP contribution in [0.4, 0.5) is 0 Å². The number of carbonyl (C=O) groups excluding carboxylic acids is 1. The third-order valence-electron chi connectivity index (χ3n) is 3.31. The Balaban J connectivity index is 2.85. The molecule has 0 aromatic carbocycles. The van der Waals surface area contributed by atoms with Gasteiger partial charge in [-0.05, 0) is 19.8 Å². The summed E-state index contributed by atoms with van der Waals surface area (Å²) in [5, 5.41) is 14.4. The van der Waals surface area contributed by atoms with Gasteiger partial charge in [0.15, 0.2) is 5.84 Å². The van der Waals surface area contributed by atoms with Crippen LogP contribution in [-0.4, -0.2) is 56.6 Å². The monoisotopic (exact) mass is 307 g/mol. The highest BCUT2D eigenvalue weighted by atomic mass is 32.2. The summed E-state index contributed by atoms with van der Waals surface area (Å²) in [5.41, 5.74) is 4.51. The normalized spacial score (nSPS) is 21.2. The van der Waals surface area contributed by atoms with Crippen LogP contribution in [0, 0.1) is 5.41 Å². The van der Waals surface area contributed by atoms with Gasteiger partial charge in [0, 0.05) is 25.5 Å². The second-order valence-electron chi connectivity index (χ2n) is 5.15. The molecule has 8 nitrogen and oxygen atoms in total. The SMILES string of the molecule is CC(CS(C)(=O)=O)NC(=O)C1(C(N)=NO)CCOCC1. The molecule has 4 N–H and O–H groups in total. The van der Waals surface area contributed by atoms with E-state index in [4.69, 9.17) is 15.7 Å². The summed E-state index contributed by atoms with van der Waals surface area (Å²) < 4.78 is 27.6. The maximum atomic E-state index is 12.4. The van der Waals surface area contributed by atoms with Crippen LogP contribution in [-0.2, 0) is 19.4 Å². The Hall–Kier alpha value is -1.35. The first kappa shape index (κ1) is 16.7. The van der Waals surface area contributed by atoms with Crippen LogP contribution >= 0.6 is 0 Å². The summed E-state index contributed by atoms with van der Waals surface area (Å²) in [6.07, 6.45) is 1.68. The van der Waals surface area contributed by atoms with Gasteiger partial charge in [-0.1, -0.05) is 5.16 Å². The molecule has 0 spiro atoms. The molecule has 1 aliphatic heterocycles. The number of hydrogen-bond donors (Lipinski definition) is 3. The van der Waals surface area contributed by atoms with E-state index in [9.17, 15) is 13.2 Å². The number of sulfone groups is 1. The van der Waals surface area contributed by atoms with E-state index in [0.29, 0.717) is 26.1 Å². The van der Waals surface area contributed by atoms with Gasteiger partial charge in [-0.3, -0.25) is 4.79 Å². The molecule has 1 aliphatic rings. The van der Waals surface area contributed by atoms with Crippen molar-refractivity contribution in [2.75, 3.05) is 25.2 Å². The third kappa shape index (κ3) is 4.07. The van der Waals surface area contributed by atoms with Crippen LogP contribution in [0.3, 0.4) is 0 Å². The van der Waals surface area contributed by atoms with Crippen molar-refractivity contribution in [1.29, 1.82) is 0 Å². The van der Waals surface area contributed by atoms with Crippen molar-refractivity contribution in [3.63, 3.8) is 0 Å². The van der Waals surface area contributed by atoms with E-state index in [0.717, 1.165) is 6.26 Å². The van der Waals surface area contributed by atoms with Crippen molar-refractivity contribution in [3.05, 3.63) is 0 Å². The maximum absolute atomic E-state index is 12.4.